The summed E-state index contributed by atoms with van der Waals surface area (Å²) in [5.41, 5.74) is 1.97. The van der Waals surface area contributed by atoms with Crippen molar-refractivity contribution in [1.29, 1.82) is 0 Å². The summed E-state index contributed by atoms with van der Waals surface area (Å²) >= 11 is 0. The molecule has 1 aromatic carbocycles. The van der Waals surface area contributed by atoms with E-state index in [4.69, 9.17) is 5.11 Å². The Kier molecular flexibility index (Phi) is 5.00. The lowest BCUT2D eigenvalue weighted by atomic mass is 10.1. The Hall–Kier alpha value is -1.79. The summed E-state index contributed by atoms with van der Waals surface area (Å²) in [7, 11) is 0. The van der Waals surface area contributed by atoms with E-state index in [-0.39, 0.29) is 12.5 Å². The lowest BCUT2D eigenvalue weighted by Crippen LogP contribution is -2.22. The van der Waals surface area contributed by atoms with Crippen LogP contribution < -0.4 is 5.32 Å². The second-order valence-corrected chi connectivity index (χ2v) is 4.90. The first-order valence-electron chi connectivity index (χ1n) is 6.73. The highest BCUT2D eigenvalue weighted by molar-refractivity contribution is 5.76. The molecule has 1 amide bonds. The van der Waals surface area contributed by atoms with Crippen molar-refractivity contribution in [1.82, 2.24) is 5.32 Å². The fraction of sp³-hybridized carbons (Fsp3) is 0.438. The number of aliphatic hydroxyl groups is 1. The van der Waals surface area contributed by atoms with Crippen LogP contribution in [0.4, 0.5) is 0 Å². The quantitative estimate of drug-likeness (QED) is 0.791. The lowest BCUT2D eigenvalue weighted by Gasteiger charge is -2.05. The fourth-order valence-electron chi connectivity index (χ4n) is 1.84. The highest BCUT2D eigenvalue weighted by atomic mass is 16.2. The molecule has 0 radical (unpaired) electrons. The minimum atomic E-state index is 0.0872. The molecule has 2 N–H and O–H groups in total. The smallest absolute Gasteiger partial charge is 0.220 e. The van der Waals surface area contributed by atoms with Gasteiger partial charge < -0.3 is 10.4 Å². The Morgan fingerprint density at radius 3 is 3.00 bits per heavy atom. The van der Waals surface area contributed by atoms with Crippen LogP contribution in [0.15, 0.2) is 24.3 Å². The molecule has 0 atom stereocenters. The summed E-state index contributed by atoms with van der Waals surface area (Å²) in [5.74, 6) is 6.64. The first-order valence-corrected chi connectivity index (χ1v) is 6.73. The predicted molar refractivity (Wildman–Crippen MR) is 74.2 cm³/mol. The monoisotopic (exact) mass is 257 g/mol. The predicted octanol–water partition coefficient (Wildman–Crippen LogP) is 1.84. The third kappa shape index (κ3) is 5.15. The van der Waals surface area contributed by atoms with Gasteiger partial charge in [0.25, 0.3) is 0 Å². The molecule has 0 heterocycles. The van der Waals surface area contributed by atoms with E-state index in [1.54, 1.807) is 0 Å². The number of benzene rings is 1. The molecular weight excluding hydrogens is 238 g/mol. The van der Waals surface area contributed by atoms with Gasteiger partial charge in [0, 0.05) is 24.9 Å². The Labute approximate surface area is 114 Å². The summed E-state index contributed by atoms with van der Waals surface area (Å²) in [6.45, 7) is 0.644. The number of hydrogen-bond acceptors (Lipinski definition) is 2. The van der Waals surface area contributed by atoms with Crippen molar-refractivity contribution >= 4 is 5.91 Å². The number of aliphatic hydroxyl groups excluding tert-OH is 1. The maximum atomic E-state index is 11.6. The van der Waals surface area contributed by atoms with E-state index < -0.39 is 0 Å². The van der Waals surface area contributed by atoms with Gasteiger partial charge in [0.1, 0.15) is 0 Å². The van der Waals surface area contributed by atoms with Crippen LogP contribution in [0.1, 0.15) is 36.8 Å². The molecular formula is C16H19NO2. The van der Waals surface area contributed by atoms with Crippen LogP contribution in [0.2, 0.25) is 0 Å². The molecule has 2 rings (SSSR count). The molecule has 0 bridgehead atoms. The third-order valence-corrected chi connectivity index (χ3v) is 3.06. The summed E-state index contributed by atoms with van der Waals surface area (Å²) in [6.07, 6.45) is 3.55. The van der Waals surface area contributed by atoms with E-state index in [9.17, 15) is 4.79 Å². The Bertz CT molecular complexity index is 495. The van der Waals surface area contributed by atoms with Crippen LogP contribution in [-0.2, 0) is 11.3 Å². The first kappa shape index (κ1) is 13.6. The van der Waals surface area contributed by atoms with Crippen molar-refractivity contribution in [3.8, 4) is 11.8 Å². The molecule has 0 saturated heterocycles. The van der Waals surface area contributed by atoms with Gasteiger partial charge in [-0.25, -0.2) is 0 Å². The van der Waals surface area contributed by atoms with E-state index in [1.165, 1.54) is 12.8 Å². The Morgan fingerprint density at radius 1 is 1.42 bits per heavy atom. The Morgan fingerprint density at radius 2 is 2.26 bits per heavy atom. The molecule has 19 heavy (non-hydrogen) atoms. The molecule has 0 aliphatic heterocycles. The maximum Gasteiger partial charge on any atom is 0.220 e. The van der Waals surface area contributed by atoms with Gasteiger partial charge in [-0.05, 0) is 36.5 Å². The number of carbonyl (C=O) groups is 1. The normalized spacial score (nSPS) is 13.5. The first-order chi connectivity index (χ1) is 9.28. The van der Waals surface area contributed by atoms with Crippen molar-refractivity contribution in [3.05, 3.63) is 35.4 Å². The van der Waals surface area contributed by atoms with Crippen LogP contribution >= 0.6 is 0 Å². The second kappa shape index (κ2) is 6.96. The number of amides is 1. The van der Waals surface area contributed by atoms with E-state index in [2.05, 4.69) is 17.2 Å². The zero-order chi connectivity index (χ0) is 13.5. The molecule has 3 heteroatoms. The molecule has 1 fully saturated rings. The van der Waals surface area contributed by atoms with Crippen LogP contribution in [-0.4, -0.2) is 17.6 Å². The van der Waals surface area contributed by atoms with Gasteiger partial charge in [0.15, 0.2) is 0 Å². The number of carbonyl (C=O) groups excluding carboxylic acids is 1. The number of rotatable bonds is 5. The van der Waals surface area contributed by atoms with Crippen LogP contribution in [0, 0.1) is 17.8 Å². The fourth-order valence-corrected chi connectivity index (χ4v) is 1.84. The van der Waals surface area contributed by atoms with Crippen molar-refractivity contribution in [2.75, 3.05) is 6.61 Å². The summed E-state index contributed by atoms with van der Waals surface area (Å²) in [5, 5.41) is 11.6. The van der Waals surface area contributed by atoms with Crippen LogP contribution in [0.25, 0.3) is 0 Å². The minimum absolute atomic E-state index is 0.0872. The Balaban J connectivity index is 1.84. The van der Waals surface area contributed by atoms with E-state index in [0.29, 0.717) is 25.3 Å². The van der Waals surface area contributed by atoms with E-state index in [1.807, 2.05) is 24.3 Å². The largest absolute Gasteiger partial charge is 0.395 e. The van der Waals surface area contributed by atoms with Gasteiger partial charge in [0.05, 0.1) is 6.61 Å². The van der Waals surface area contributed by atoms with E-state index >= 15 is 0 Å². The molecule has 3 nitrogen and oxygen atoms in total. The van der Waals surface area contributed by atoms with Crippen LogP contribution in [0.3, 0.4) is 0 Å². The van der Waals surface area contributed by atoms with Crippen molar-refractivity contribution < 1.29 is 9.90 Å². The van der Waals surface area contributed by atoms with Gasteiger partial charge in [-0.15, -0.1) is 0 Å². The standard InChI is InChI=1S/C16H19NO2/c18-9-2-1-4-13-5-3-6-15(10-13)12-17-16(19)11-14-7-8-14/h3,5-6,10,14,18H,2,7-9,11-12H2,(H,17,19). The zero-order valence-corrected chi connectivity index (χ0v) is 11.0. The molecule has 0 spiro atoms. The topological polar surface area (TPSA) is 49.3 Å². The van der Waals surface area contributed by atoms with Crippen molar-refractivity contribution in [2.45, 2.75) is 32.2 Å². The molecule has 0 unspecified atom stereocenters. The van der Waals surface area contributed by atoms with Gasteiger partial charge in [-0.1, -0.05) is 24.0 Å². The second-order valence-electron chi connectivity index (χ2n) is 4.90. The lowest BCUT2D eigenvalue weighted by molar-refractivity contribution is -0.121. The highest BCUT2D eigenvalue weighted by Gasteiger charge is 2.23. The molecule has 100 valence electrons. The van der Waals surface area contributed by atoms with Gasteiger partial charge in [-0.2, -0.15) is 0 Å². The molecule has 0 aromatic heterocycles. The molecule has 1 saturated carbocycles. The molecule has 1 aromatic rings. The van der Waals surface area contributed by atoms with E-state index in [0.717, 1.165) is 11.1 Å². The summed E-state index contributed by atoms with van der Waals surface area (Å²) in [4.78, 5) is 11.6. The number of nitrogens with one attached hydrogen (secondary N) is 1. The average molecular weight is 257 g/mol. The van der Waals surface area contributed by atoms with Crippen molar-refractivity contribution in [3.63, 3.8) is 0 Å². The van der Waals surface area contributed by atoms with Gasteiger partial charge in [-0.3, -0.25) is 4.79 Å². The third-order valence-electron chi connectivity index (χ3n) is 3.06. The minimum Gasteiger partial charge on any atom is -0.395 e. The number of hydrogen-bond donors (Lipinski definition) is 2. The highest BCUT2D eigenvalue weighted by Crippen LogP contribution is 2.32. The summed E-state index contributed by atoms with van der Waals surface area (Å²) in [6, 6.07) is 7.82. The zero-order valence-electron chi connectivity index (χ0n) is 11.0. The molecule has 1 aliphatic carbocycles. The van der Waals surface area contributed by atoms with Gasteiger partial charge in [0.2, 0.25) is 5.91 Å². The van der Waals surface area contributed by atoms with Crippen molar-refractivity contribution in [2.24, 2.45) is 5.92 Å². The van der Waals surface area contributed by atoms with Gasteiger partial charge >= 0.3 is 0 Å². The summed E-state index contributed by atoms with van der Waals surface area (Å²) < 4.78 is 0. The maximum absolute atomic E-state index is 11.6. The molecule has 1 aliphatic rings. The van der Waals surface area contributed by atoms with Crippen LogP contribution in [0.5, 0.6) is 0 Å². The average Bonchev–Trinajstić information content (AvgIpc) is 3.21. The SMILES string of the molecule is O=C(CC1CC1)NCc1cccc(C#CCCO)c1.